The normalized spacial score (nSPS) is 11.9. The SMILES string of the molecule is CC(C)(C)OOOC(=O)c1cccc(C(=O)O)c1OOC(C)(C)C. The number of hydrogen-bond acceptors (Lipinski definition) is 7. The van der Waals surface area contributed by atoms with Gasteiger partial charge in [0.2, 0.25) is 0 Å². The summed E-state index contributed by atoms with van der Waals surface area (Å²) in [6, 6.07) is 3.96. The standard InChI is InChI=1S/C16H22O8/c1-15(2,3)22-20-12-10(13(17)18)8-7-9-11(12)14(19)21-24-23-16(4,5)6/h7-9H,1-6H3,(H,17,18). The van der Waals surface area contributed by atoms with Crippen LogP contribution in [0.5, 0.6) is 5.75 Å². The summed E-state index contributed by atoms with van der Waals surface area (Å²) in [5.41, 5.74) is -1.86. The minimum atomic E-state index is -1.29. The highest BCUT2D eigenvalue weighted by molar-refractivity contribution is 5.99. The van der Waals surface area contributed by atoms with Crippen molar-refractivity contribution in [3.63, 3.8) is 0 Å². The predicted molar refractivity (Wildman–Crippen MR) is 82.2 cm³/mol. The summed E-state index contributed by atoms with van der Waals surface area (Å²) in [4.78, 5) is 43.0. The van der Waals surface area contributed by atoms with Crippen LogP contribution in [0.15, 0.2) is 18.2 Å². The molecule has 1 N–H and O–H groups in total. The minimum absolute atomic E-state index is 0.184. The maximum atomic E-state index is 12.1. The third kappa shape index (κ3) is 6.53. The molecule has 0 spiro atoms. The van der Waals surface area contributed by atoms with Crippen LogP contribution in [0.3, 0.4) is 0 Å². The summed E-state index contributed by atoms with van der Waals surface area (Å²) in [6.45, 7) is 10.2. The van der Waals surface area contributed by atoms with Gasteiger partial charge in [0.05, 0.1) is 5.60 Å². The van der Waals surface area contributed by atoms with Gasteiger partial charge in [0.25, 0.3) is 0 Å². The molecule has 0 heterocycles. The fraction of sp³-hybridized carbons (Fsp3) is 0.500. The van der Waals surface area contributed by atoms with Crippen molar-refractivity contribution in [3.05, 3.63) is 29.3 Å². The van der Waals surface area contributed by atoms with Crippen molar-refractivity contribution in [2.24, 2.45) is 0 Å². The van der Waals surface area contributed by atoms with E-state index in [0.29, 0.717) is 0 Å². The number of carbonyl (C=O) groups excluding carboxylic acids is 1. The second-order valence-electron chi connectivity index (χ2n) is 6.90. The Kier molecular flexibility index (Phi) is 6.30. The Labute approximate surface area is 140 Å². The maximum absolute atomic E-state index is 12.1. The van der Waals surface area contributed by atoms with Gasteiger partial charge in [-0.2, -0.15) is 9.78 Å². The number of carboxylic acid groups (broad SMARTS) is 1. The van der Waals surface area contributed by atoms with E-state index >= 15 is 0 Å². The van der Waals surface area contributed by atoms with Gasteiger partial charge in [0.1, 0.15) is 16.7 Å². The first-order valence-electron chi connectivity index (χ1n) is 7.19. The van der Waals surface area contributed by atoms with Gasteiger partial charge in [-0.25, -0.2) is 9.59 Å². The molecule has 0 aliphatic carbocycles. The molecule has 0 fully saturated rings. The predicted octanol–water partition coefficient (Wildman–Crippen LogP) is 3.31. The van der Waals surface area contributed by atoms with Crippen LogP contribution in [0.1, 0.15) is 62.3 Å². The molecule has 0 saturated carbocycles. The van der Waals surface area contributed by atoms with Gasteiger partial charge in [0, 0.05) is 0 Å². The van der Waals surface area contributed by atoms with Crippen molar-refractivity contribution in [3.8, 4) is 5.75 Å². The largest absolute Gasteiger partial charge is 0.478 e. The van der Waals surface area contributed by atoms with Gasteiger partial charge in [-0.05, 0) is 58.7 Å². The second kappa shape index (κ2) is 7.61. The zero-order valence-corrected chi connectivity index (χ0v) is 14.5. The lowest BCUT2D eigenvalue weighted by Gasteiger charge is -2.20. The fourth-order valence-electron chi connectivity index (χ4n) is 1.32. The highest BCUT2D eigenvalue weighted by Crippen LogP contribution is 2.27. The molecule has 0 amide bonds. The number of benzene rings is 1. The Hall–Kier alpha value is -2.16. The number of hydrogen-bond donors (Lipinski definition) is 1. The monoisotopic (exact) mass is 342 g/mol. The molecule has 0 bridgehead atoms. The molecular formula is C16H22O8. The summed E-state index contributed by atoms with van der Waals surface area (Å²) < 4.78 is 0. The molecule has 134 valence electrons. The molecule has 0 aromatic heterocycles. The summed E-state index contributed by atoms with van der Waals surface area (Å²) in [7, 11) is 0. The van der Waals surface area contributed by atoms with Gasteiger partial charge in [-0.15, -0.1) is 0 Å². The van der Waals surface area contributed by atoms with Gasteiger partial charge < -0.3 is 9.99 Å². The van der Waals surface area contributed by atoms with Crippen LogP contribution in [0.25, 0.3) is 0 Å². The smallest absolute Gasteiger partial charge is 0.380 e. The van der Waals surface area contributed by atoms with E-state index in [2.05, 4.69) is 9.93 Å². The van der Waals surface area contributed by atoms with Crippen LogP contribution in [-0.4, -0.2) is 28.2 Å². The van der Waals surface area contributed by atoms with Crippen LogP contribution in [0.2, 0.25) is 0 Å². The van der Waals surface area contributed by atoms with Gasteiger partial charge >= 0.3 is 11.9 Å². The summed E-state index contributed by atoms with van der Waals surface area (Å²) in [5.74, 6) is -2.57. The third-order valence-electron chi connectivity index (χ3n) is 2.23. The van der Waals surface area contributed by atoms with Crippen LogP contribution in [-0.2, 0) is 19.7 Å². The third-order valence-corrected chi connectivity index (χ3v) is 2.23. The van der Waals surface area contributed by atoms with Crippen LogP contribution in [0.4, 0.5) is 0 Å². The molecule has 0 unspecified atom stereocenters. The molecule has 8 nitrogen and oxygen atoms in total. The van der Waals surface area contributed by atoms with Crippen molar-refractivity contribution in [2.75, 3.05) is 0 Å². The lowest BCUT2D eigenvalue weighted by Crippen LogP contribution is -2.24. The molecule has 8 heteroatoms. The van der Waals surface area contributed by atoms with Crippen LogP contribution in [0, 0.1) is 0 Å². The number of aromatic carboxylic acids is 1. The number of rotatable bonds is 6. The Bertz CT molecular complexity index is 595. The number of para-hydroxylation sites is 1. The highest BCUT2D eigenvalue weighted by Gasteiger charge is 2.26. The Morgan fingerprint density at radius 2 is 1.46 bits per heavy atom. The molecule has 0 saturated heterocycles. The fourth-order valence-corrected chi connectivity index (χ4v) is 1.32. The first-order valence-corrected chi connectivity index (χ1v) is 7.19. The van der Waals surface area contributed by atoms with Gasteiger partial charge in [-0.3, -0.25) is 4.89 Å². The Morgan fingerprint density at radius 3 is 1.96 bits per heavy atom. The van der Waals surface area contributed by atoms with E-state index in [0.717, 1.165) is 0 Å². The zero-order chi connectivity index (χ0) is 18.5. The van der Waals surface area contributed by atoms with Gasteiger partial charge in [0.15, 0.2) is 5.75 Å². The number of carbonyl (C=O) groups is 2. The van der Waals surface area contributed by atoms with Crippen LogP contribution >= 0.6 is 0 Å². The van der Waals surface area contributed by atoms with E-state index < -0.39 is 23.1 Å². The van der Waals surface area contributed by atoms with E-state index in [1.54, 1.807) is 41.5 Å². The average molecular weight is 342 g/mol. The molecule has 0 atom stereocenters. The van der Waals surface area contributed by atoms with Crippen molar-refractivity contribution < 1.29 is 39.3 Å². The highest BCUT2D eigenvalue weighted by atomic mass is 17.5. The molecule has 0 radical (unpaired) electrons. The first-order chi connectivity index (χ1) is 10.9. The molecule has 1 aromatic rings. The second-order valence-corrected chi connectivity index (χ2v) is 6.90. The van der Waals surface area contributed by atoms with Crippen molar-refractivity contribution in [1.82, 2.24) is 0 Å². The van der Waals surface area contributed by atoms with E-state index in [1.807, 2.05) is 0 Å². The number of carboxylic acids is 1. The lowest BCUT2D eigenvalue weighted by atomic mass is 10.1. The molecule has 24 heavy (non-hydrogen) atoms. The molecule has 1 aromatic carbocycles. The summed E-state index contributed by atoms with van der Waals surface area (Å²) >= 11 is 0. The lowest BCUT2D eigenvalue weighted by molar-refractivity contribution is -0.510. The van der Waals surface area contributed by atoms with Crippen LogP contribution < -0.4 is 4.89 Å². The van der Waals surface area contributed by atoms with E-state index in [9.17, 15) is 14.7 Å². The Balaban J connectivity index is 3.01. The Morgan fingerprint density at radius 1 is 0.917 bits per heavy atom. The van der Waals surface area contributed by atoms with Gasteiger partial charge in [-0.1, -0.05) is 6.07 Å². The topological polar surface area (TPSA) is 101 Å². The molecule has 0 aliphatic rings. The average Bonchev–Trinajstić information content (AvgIpc) is 2.42. The van der Waals surface area contributed by atoms with Crippen molar-refractivity contribution in [1.29, 1.82) is 0 Å². The summed E-state index contributed by atoms with van der Waals surface area (Å²) in [5, 5.41) is 13.7. The zero-order valence-electron chi connectivity index (χ0n) is 14.5. The van der Waals surface area contributed by atoms with E-state index in [1.165, 1.54) is 18.2 Å². The maximum Gasteiger partial charge on any atom is 0.380 e. The van der Waals surface area contributed by atoms with Crippen molar-refractivity contribution in [2.45, 2.75) is 52.7 Å². The van der Waals surface area contributed by atoms with Crippen molar-refractivity contribution >= 4 is 11.9 Å². The minimum Gasteiger partial charge on any atom is -0.478 e. The van der Waals surface area contributed by atoms with E-state index in [4.69, 9.17) is 14.7 Å². The van der Waals surface area contributed by atoms with E-state index in [-0.39, 0.29) is 16.9 Å². The quantitative estimate of drug-likeness (QED) is 0.621. The molecule has 1 rings (SSSR count). The first kappa shape index (κ1) is 19.9. The molecule has 0 aliphatic heterocycles. The molecular weight excluding hydrogens is 320 g/mol. The summed E-state index contributed by atoms with van der Waals surface area (Å²) in [6.07, 6.45) is 0.